The highest BCUT2D eigenvalue weighted by atomic mass is 32.1. The lowest BCUT2D eigenvalue weighted by Crippen LogP contribution is -1.91. The van der Waals surface area contributed by atoms with Gasteiger partial charge in [-0.05, 0) is 111 Å². The minimum absolute atomic E-state index is 1.24. The van der Waals surface area contributed by atoms with E-state index in [1.165, 1.54) is 119 Å². The van der Waals surface area contributed by atoms with Crippen LogP contribution in [0.5, 0.6) is 0 Å². The molecule has 1 aromatic heterocycles. The second-order valence-corrected chi connectivity index (χ2v) is 16.2. The lowest BCUT2D eigenvalue weighted by atomic mass is 9.85. The van der Waals surface area contributed by atoms with Crippen molar-refractivity contribution in [1.82, 2.24) is 0 Å². The molecule has 0 bridgehead atoms. The Hall–Kier alpha value is -7.06. The van der Waals surface area contributed by atoms with Crippen LogP contribution in [0.1, 0.15) is 0 Å². The van der Waals surface area contributed by atoms with E-state index in [-0.39, 0.29) is 0 Å². The molecule has 11 aromatic carbocycles. The number of fused-ring (bicyclic) bond motifs is 8. The molecule has 0 unspecified atom stereocenters. The third-order valence-corrected chi connectivity index (χ3v) is 13.2. The van der Waals surface area contributed by atoms with Crippen molar-refractivity contribution < 1.29 is 0 Å². The van der Waals surface area contributed by atoms with Crippen LogP contribution < -0.4 is 0 Å². The van der Waals surface area contributed by atoms with E-state index in [9.17, 15) is 0 Å². The lowest BCUT2D eigenvalue weighted by Gasteiger charge is -2.18. The van der Waals surface area contributed by atoms with Crippen molar-refractivity contribution >= 4 is 85.4 Å². The topological polar surface area (TPSA) is 0 Å². The molecular formula is C56H34S. The van der Waals surface area contributed by atoms with Gasteiger partial charge in [-0.1, -0.05) is 188 Å². The first kappa shape index (κ1) is 32.2. The smallest absolute Gasteiger partial charge is 0.0434 e. The molecule has 0 radical (unpaired) electrons. The van der Waals surface area contributed by atoms with Crippen molar-refractivity contribution in [3.05, 3.63) is 206 Å². The Morgan fingerprint density at radius 1 is 0.246 bits per heavy atom. The molecule has 0 spiro atoms. The first-order valence-electron chi connectivity index (χ1n) is 19.7. The van der Waals surface area contributed by atoms with Gasteiger partial charge in [0.1, 0.15) is 0 Å². The van der Waals surface area contributed by atoms with Gasteiger partial charge in [-0.15, -0.1) is 11.3 Å². The molecule has 0 amide bonds. The molecule has 0 aliphatic carbocycles. The monoisotopic (exact) mass is 738 g/mol. The van der Waals surface area contributed by atoms with Crippen LogP contribution in [-0.4, -0.2) is 0 Å². The number of rotatable bonds is 4. The first-order chi connectivity index (χ1) is 28.3. The second-order valence-electron chi connectivity index (χ2n) is 15.1. The van der Waals surface area contributed by atoms with Crippen LogP contribution in [0.3, 0.4) is 0 Å². The summed E-state index contributed by atoms with van der Waals surface area (Å²) in [5.41, 5.74) is 10.2. The number of hydrogen-bond donors (Lipinski definition) is 0. The van der Waals surface area contributed by atoms with Gasteiger partial charge >= 0.3 is 0 Å². The van der Waals surface area contributed by atoms with E-state index >= 15 is 0 Å². The average molecular weight is 739 g/mol. The van der Waals surface area contributed by atoms with Gasteiger partial charge in [0.15, 0.2) is 0 Å². The molecular weight excluding hydrogens is 705 g/mol. The molecule has 264 valence electrons. The Bertz CT molecular complexity index is 3460. The minimum atomic E-state index is 1.24. The molecule has 0 saturated carbocycles. The number of hydrogen-bond acceptors (Lipinski definition) is 1. The van der Waals surface area contributed by atoms with Crippen LogP contribution in [0.4, 0.5) is 0 Å². The number of benzene rings is 11. The number of thiophene rings is 1. The Morgan fingerprint density at radius 3 is 1.26 bits per heavy atom. The zero-order chi connectivity index (χ0) is 37.5. The van der Waals surface area contributed by atoms with Crippen molar-refractivity contribution in [2.45, 2.75) is 0 Å². The van der Waals surface area contributed by atoms with E-state index in [1.807, 2.05) is 11.3 Å². The van der Waals surface area contributed by atoms with Crippen molar-refractivity contribution in [2.75, 3.05) is 0 Å². The molecule has 0 nitrogen and oxygen atoms in total. The zero-order valence-electron chi connectivity index (χ0n) is 31.0. The van der Waals surface area contributed by atoms with Crippen LogP contribution in [0.25, 0.3) is 119 Å². The van der Waals surface area contributed by atoms with Crippen molar-refractivity contribution in [3.63, 3.8) is 0 Å². The predicted octanol–water partition coefficient (Wildman–Crippen LogP) is 16.5. The van der Waals surface area contributed by atoms with Crippen LogP contribution >= 0.6 is 11.3 Å². The van der Waals surface area contributed by atoms with Gasteiger partial charge in [0, 0.05) is 25.7 Å². The molecule has 1 heterocycles. The summed E-state index contributed by atoms with van der Waals surface area (Å²) in [6.07, 6.45) is 0. The Kier molecular flexibility index (Phi) is 7.20. The molecule has 0 saturated heterocycles. The van der Waals surface area contributed by atoms with E-state index in [0.717, 1.165) is 0 Å². The summed E-state index contributed by atoms with van der Waals surface area (Å²) in [4.78, 5) is 0. The second kappa shape index (κ2) is 12.7. The predicted molar refractivity (Wildman–Crippen MR) is 249 cm³/mol. The van der Waals surface area contributed by atoms with Crippen LogP contribution in [0.15, 0.2) is 206 Å². The highest BCUT2D eigenvalue weighted by molar-refractivity contribution is 7.26. The molecule has 0 N–H and O–H groups in total. The molecule has 0 fully saturated rings. The van der Waals surface area contributed by atoms with Gasteiger partial charge in [0.25, 0.3) is 0 Å². The third-order valence-electron chi connectivity index (χ3n) is 12.0. The van der Waals surface area contributed by atoms with Crippen LogP contribution in [-0.2, 0) is 0 Å². The van der Waals surface area contributed by atoms with Crippen LogP contribution in [0, 0.1) is 0 Å². The van der Waals surface area contributed by atoms with Crippen LogP contribution in [0.2, 0.25) is 0 Å². The zero-order valence-corrected chi connectivity index (χ0v) is 31.9. The van der Waals surface area contributed by atoms with E-state index in [1.54, 1.807) is 0 Å². The Balaban J connectivity index is 1.10. The maximum absolute atomic E-state index is 2.45. The minimum Gasteiger partial charge on any atom is -0.135 e. The van der Waals surface area contributed by atoms with Gasteiger partial charge in [0.2, 0.25) is 0 Å². The summed E-state index contributed by atoms with van der Waals surface area (Å²) in [5.74, 6) is 0. The SMILES string of the molecule is c1ccc(-c2c3ccccc3c(-c3ccc4sc5c(-c6c7ccccc7c(-c7ccc8ccccc8c7)c7ccccc67)cccc5c4c3)c3ccccc23)cc1. The fraction of sp³-hybridized carbons (Fsp3) is 0. The van der Waals surface area contributed by atoms with Gasteiger partial charge < -0.3 is 0 Å². The Labute approximate surface area is 334 Å². The highest BCUT2D eigenvalue weighted by Crippen LogP contribution is 2.50. The fourth-order valence-corrected chi connectivity index (χ4v) is 10.8. The van der Waals surface area contributed by atoms with Gasteiger partial charge in [0.05, 0.1) is 0 Å². The van der Waals surface area contributed by atoms with Gasteiger partial charge in [-0.2, -0.15) is 0 Å². The third kappa shape index (κ3) is 4.93. The molecule has 1 heteroatoms. The average Bonchev–Trinajstić information content (AvgIpc) is 3.66. The molecule has 57 heavy (non-hydrogen) atoms. The quantitative estimate of drug-likeness (QED) is 0.158. The summed E-state index contributed by atoms with van der Waals surface area (Å²) >= 11 is 1.91. The standard InChI is InChI=1S/C56H34S/c1-2-16-36(17-3-1)52-40-19-6-8-21-42(40)54(43-22-9-7-20-41(43)52)39-31-32-51-50(34-39)48-27-14-28-49(56(48)57-51)55-46-25-12-10-23-44(46)53(45-24-11-13-26-47(45)55)38-30-29-35-15-4-5-18-37(35)33-38/h1-34H. The lowest BCUT2D eigenvalue weighted by molar-refractivity contribution is 1.66. The van der Waals surface area contributed by atoms with Crippen molar-refractivity contribution in [2.24, 2.45) is 0 Å². The van der Waals surface area contributed by atoms with Gasteiger partial charge in [-0.25, -0.2) is 0 Å². The van der Waals surface area contributed by atoms with Crippen molar-refractivity contribution in [3.8, 4) is 44.5 Å². The summed E-state index contributed by atoms with van der Waals surface area (Å²) in [6, 6.07) is 76.4. The highest BCUT2D eigenvalue weighted by Gasteiger charge is 2.21. The summed E-state index contributed by atoms with van der Waals surface area (Å²) in [6.45, 7) is 0. The van der Waals surface area contributed by atoms with E-state index < -0.39 is 0 Å². The summed E-state index contributed by atoms with van der Waals surface area (Å²) < 4.78 is 2.63. The summed E-state index contributed by atoms with van der Waals surface area (Å²) in [7, 11) is 0. The Morgan fingerprint density at radius 2 is 0.684 bits per heavy atom. The molecule has 0 aliphatic rings. The molecule has 12 rings (SSSR count). The maximum Gasteiger partial charge on any atom is 0.0434 e. The molecule has 12 aromatic rings. The normalized spacial score (nSPS) is 11.9. The van der Waals surface area contributed by atoms with Crippen molar-refractivity contribution in [1.29, 1.82) is 0 Å². The van der Waals surface area contributed by atoms with Gasteiger partial charge in [-0.3, -0.25) is 0 Å². The summed E-state index contributed by atoms with van der Waals surface area (Å²) in [5, 5.41) is 15.3. The first-order valence-corrected chi connectivity index (χ1v) is 20.5. The van der Waals surface area contributed by atoms with E-state index in [4.69, 9.17) is 0 Å². The fourth-order valence-electron chi connectivity index (χ4n) is 9.58. The molecule has 0 aliphatic heterocycles. The molecule has 0 atom stereocenters. The largest absolute Gasteiger partial charge is 0.135 e. The van der Waals surface area contributed by atoms with E-state index in [2.05, 4.69) is 206 Å². The maximum atomic E-state index is 2.45. The van der Waals surface area contributed by atoms with E-state index in [0.29, 0.717) is 0 Å².